The van der Waals surface area contributed by atoms with E-state index in [0.29, 0.717) is 11.3 Å². The van der Waals surface area contributed by atoms with Crippen LogP contribution in [0.2, 0.25) is 0 Å². The van der Waals surface area contributed by atoms with E-state index in [1.54, 1.807) is 6.39 Å². The van der Waals surface area contributed by atoms with Crippen molar-refractivity contribution in [3.8, 4) is 0 Å². The molecule has 0 aromatic carbocycles. The lowest BCUT2D eigenvalue weighted by Gasteiger charge is -2.04. The molecule has 1 aromatic heterocycles. The van der Waals surface area contributed by atoms with E-state index in [9.17, 15) is 0 Å². The maximum Gasteiger partial charge on any atom is 0.181 e. The van der Waals surface area contributed by atoms with Crippen LogP contribution in [0, 0.1) is 5.41 Å². The maximum absolute atomic E-state index is 5.50. The van der Waals surface area contributed by atoms with Crippen LogP contribution in [-0.4, -0.2) is 11.5 Å². The Morgan fingerprint density at radius 3 is 2.93 bits per heavy atom. The summed E-state index contributed by atoms with van der Waals surface area (Å²) in [4.78, 5) is 4.29. The predicted molar refractivity (Wildman–Crippen MR) is 59.6 cm³/mol. The minimum atomic E-state index is 0.416. The number of hydrogen-bond acceptors (Lipinski definition) is 3. The normalized spacial score (nSPS) is 23.0. The highest BCUT2D eigenvalue weighted by atomic mass is 16.3. The topological polar surface area (TPSA) is 38.1 Å². The zero-order valence-electron chi connectivity index (χ0n) is 9.84. The summed E-state index contributed by atoms with van der Waals surface area (Å²) in [6.45, 7) is 8.61. The molecule has 0 radical (unpaired) electrons. The van der Waals surface area contributed by atoms with Crippen LogP contribution in [0.1, 0.15) is 51.0 Å². The molecule has 1 unspecified atom stereocenters. The molecule has 0 aliphatic heterocycles. The van der Waals surface area contributed by atoms with E-state index in [0.717, 1.165) is 31.0 Å². The molecule has 15 heavy (non-hydrogen) atoms. The lowest BCUT2D eigenvalue weighted by molar-refractivity contribution is 0.473. The quantitative estimate of drug-likeness (QED) is 0.756. The molecule has 1 fully saturated rings. The molecular weight excluding hydrogens is 188 g/mol. The third-order valence-electron chi connectivity index (χ3n) is 3.22. The lowest BCUT2D eigenvalue weighted by Crippen LogP contribution is -2.15. The second kappa shape index (κ2) is 3.97. The van der Waals surface area contributed by atoms with Gasteiger partial charge in [-0.15, -0.1) is 0 Å². The molecule has 84 valence electrons. The summed E-state index contributed by atoms with van der Waals surface area (Å²) in [7, 11) is 0. The van der Waals surface area contributed by atoms with Crippen LogP contribution in [0.25, 0.3) is 0 Å². The van der Waals surface area contributed by atoms with Crippen molar-refractivity contribution in [1.82, 2.24) is 10.3 Å². The molecule has 1 aromatic rings. The Hall–Kier alpha value is -0.830. The molecule has 1 aliphatic carbocycles. The Kier molecular flexibility index (Phi) is 2.83. The zero-order chi connectivity index (χ0) is 10.9. The van der Waals surface area contributed by atoms with Crippen LogP contribution in [0.4, 0.5) is 0 Å². The molecule has 3 heteroatoms. The first kappa shape index (κ1) is 10.7. The summed E-state index contributed by atoms with van der Waals surface area (Å²) in [5.41, 5.74) is 1.51. The lowest BCUT2D eigenvalue weighted by atomic mass is 10.1. The molecule has 0 saturated heterocycles. The summed E-state index contributed by atoms with van der Waals surface area (Å²) in [6, 6.07) is 0. The second-order valence-corrected chi connectivity index (χ2v) is 5.09. The highest BCUT2D eigenvalue weighted by molar-refractivity contribution is 5.23. The molecule has 0 amide bonds. The van der Waals surface area contributed by atoms with Gasteiger partial charge in [0.25, 0.3) is 0 Å². The van der Waals surface area contributed by atoms with Crippen molar-refractivity contribution in [1.29, 1.82) is 0 Å². The molecule has 1 saturated carbocycles. The van der Waals surface area contributed by atoms with Crippen molar-refractivity contribution in [2.75, 3.05) is 6.54 Å². The van der Waals surface area contributed by atoms with Crippen molar-refractivity contribution in [3.05, 3.63) is 17.8 Å². The van der Waals surface area contributed by atoms with Crippen LogP contribution in [0.3, 0.4) is 0 Å². The Bertz CT molecular complexity index is 330. The third kappa shape index (κ3) is 2.23. The molecular formula is C12H20N2O. The number of aromatic nitrogens is 1. The van der Waals surface area contributed by atoms with Gasteiger partial charge in [-0.25, -0.2) is 4.98 Å². The van der Waals surface area contributed by atoms with Gasteiger partial charge in [-0.05, 0) is 24.8 Å². The standard InChI is InChI=1S/C12H20N2O/c1-4-5-13-7-10-11(15-8-14-10)9-6-12(9,2)3/h8-9,13H,4-7H2,1-3H3. The fraction of sp³-hybridized carbons (Fsp3) is 0.750. The van der Waals surface area contributed by atoms with E-state index in [1.807, 2.05) is 0 Å². The second-order valence-electron chi connectivity index (χ2n) is 5.09. The van der Waals surface area contributed by atoms with E-state index in [-0.39, 0.29) is 0 Å². The van der Waals surface area contributed by atoms with E-state index >= 15 is 0 Å². The number of nitrogens with zero attached hydrogens (tertiary/aromatic N) is 1. The summed E-state index contributed by atoms with van der Waals surface area (Å²) < 4.78 is 5.50. The van der Waals surface area contributed by atoms with Crippen molar-refractivity contribution >= 4 is 0 Å². The highest BCUT2D eigenvalue weighted by Gasteiger charge is 2.49. The summed E-state index contributed by atoms with van der Waals surface area (Å²) in [6.07, 6.45) is 3.96. The van der Waals surface area contributed by atoms with Gasteiger partial charge in [0, 0.05) is 12.5 Å². The average Bonchev–Trinajstić information content (AvgIpc) is 2.63. The number of hydrogen-bond donors (Lipinski definition) is 1. The largest absolute Gasteiger partial charge is 0.448 e. The van der Waals surface area contributed by atoms with Crippen molar-refractivity contribution < 1.29 is 4.42 Å². The summed E-state index contributed by atoms with van der Waals surface area (Å²) in [5, 5.41) is 3.37. The minimum absolute atomic E-state index is 0.416. The number of oxazole rings is 1. The first-order chi connectivity index (χ1) is 7.15. The van der Waals surface area contributed by atoms with Gasteiger partial charge >= 0.3 is 0 Å². The molecule has 2 rings (SSSR count). The number of nitrogens with one attached hydrogen (secondary N) is 1. The molecule has 1 atom stereocenters. The summed E-state index contributed by atoms with van der Waals surface area (Å²) >= 11 is 0. The minimum Gasteiger partial charge on any atom is -0.448 e. The van der Waals surface area contributed by atoms with Crippen LogP contribution >= 0.6 is 0 Å². The smallest absolute Gasteiger partial charge is 0.181 e. The van der Waals surface area contributed by atoms with Gasteiger partial charge in [0.2, 0.25) is 0 Å². The first-order valence-electron chi connectivity index (χ1n) is 5.78. The van der Waals surface area contributed by atoms with Gasteiger partial charge in [0.05, 0.1) is 5.69 Å². The van der Waals surface area contributed by atoms with E-state index in [1.165, 1.54) is 6.42 Å². The van der Waals surface area contributed by atoms with E-state index < -0.39 is 0 Å². The maximum atomic E-state index is 5.50. The zero-order valence-corrected chi connectivity index (χ0v) is 9.84. The Labute approximate surface area is 91.3 Å². The Morgan fingerprint density at radius 1 is 1.60 bits per heavy atom. The van der Waals surface area contributed by atoms with Crippen LogP contribution in [0.15, 0.2) is 10.8 Å². The van der Waals surface area contributed by atoms with E-state index in [4.69, 9.17) is 4.42 Å². The Balaban J connectivity index is 1.97. The van der Waals surface area contributed by atoms with Gasteiger partial charge in [0.1, 0.15) is 5.76 Å². The van der Waals surface area contributed by atoms with Gasteiger partial charge in [-0.3, -0.25) is 0 Å². The molecule has 1 N–H and O–H groups in total. The third-order valence-corrected chi connectivity index (χ3v) is 3.22. The van der Waals surface area contributed by atoms with Crippen LogP contribution in [0.5, 0.6) is 0 Å². The monoisotopic (exact) mass is 208 g/mol. The van der Waals surface area contributed by atoms with Gasteiger partial charge in [0.15, 0.2) is 6.39 Å². The summed E-state index contributed by atoms with van der Waals surface area (Å²) in [5.74, 6) is 1.68. The average molecular weight is 208 g/mol. The van der Waals surface area contributed by atoms with E-state index in [2.05, 4.69) is 31.1 Å². The molecule has 1 aliphatic rings. The first-order valence-corrected chi connectivity index (χ1v) is 5.78. The van der Waals surface area contributed by atoms with Crippen LogP contribution in [-0.2, 0) is 6.54 Å². The highest BCUT2D eigenvalue weighted by Crippen LogP contribution is 2.59. The van der Waals surface area contributed by atoms with Gasteiger partial charge in [-0.2, -0.15) is 0 Å². The van der Waals surface area contributed by atoms with Crippen LogP contribution < -0.4 is 5.32 Å². The van der Waals surface area contributed by atoms with Crippen molar-refractivity contribution in [2.45, 2.75) is 46.1 Å². The Morgan fingerprint density at radius 2 is 2.33 bits per heavy atom. The molecule has 0 bridgehead atoms. The van der Waals surface area contributed by atoms with Gasteiger partial charge in [-0.1, -0.05) is 20.8 Å². The molecule has 3 nitrogen and oxygen atoms in total. The van der Waals surface area contributed by atoms with Crippen molar-refractivity contribution in [2.24, 2.45) is 5.41 Å². The number of rotatable bonds is 5. The fourth-order valence-corrected chi connectivity index (χ4v) is 1.99. The molecule has 1 heterocycles. The van der Waals surface area contributed by atoms with Gasteiger partial charge < -0.3 is 9.73 Å². The molecule has 0 spiro atoms. The van der Waals surface area contributed by atoms with Crippen molar-refractivity contribution in [3.63, 3.8) is 0 Å². The SMILES string of the molecule is CCCNCc1ncoc1C1CC1(C)C. The fourth-order valence-electron chi connectivity index (χ4n) is 1.99. The predicted octanol–water partition coefficient (Wildman–Crippen LogP) is 2.69.